The number of likely N-dealkylation sites (N-methyl/N-ethyl adjacent to an activating group) is 1. The normalized spacial score (nSPS) is 11.4. The molecule has 3 rings (SSSR count). The van der Waals surface area contributed by atoms with E-state index in [1.165, 1.54) is 15.8 Å². The van der Waals surface area contributed by atoms with Crippen LogP contribution in [0.1, 0.15) is 26.3 Å². The van der Waals surface area contributed by atoms with Crippen LogP contribution in [-0.2, 0) is 11.2 Å². The Balaban J connectivity index is 1.60. The van der Waals surface area contributed by atoms with E-state index in [0.717, 1.165) is 11.9 Å². The van der Waals surface area contributed by atoms with Gasteiger partial charge in [0.15, 0.2) is 16.7 Å². The molecular formula is C22H27Cl2N5O3. The third kappa shape index (κ3) is 6.40. The number of para-hydroxylation sites is 1. The Morgan fingerprint density at radius 2 is 1.97 bits per heavy atom. The summed E-state index contributed by atoms with van der Waals surface area (Å²) in [5.41, 5.74) is 1.70. The molecule has 0 saturated carbocycles. The second-order valence-corrected chi connectivity index (χ2v) is 8.94. The molecule has 172 valence electrons. The van der Waals surface area contributed by atoms with Crippen LogP contribution < -0.4 is 10.1 Å². The van der Waals surface area contributed by atoms with E-state index in [-0.39, 0.29) is 22.8 Å². The summed E-state index contributed by atoms with van der Waals surface area (Å²) in [6.45, 7) is 6.50. The lowest BCUT2D eigenvalue weighted by atomic mass is 10.1. The van der Waals surface area contributed by atoms with Crippen LogP contribution in [0.3, 0.4) is 0 Å². The summed E-state index contributed by atoms with van der Waals surface area (Å²) in [4.78, 5) is 25.0. The van der Waals surface area contributed by atoms with Crippen molar-refractivity contribution in [1.82, 2.24) is 19.9 Å². The topological polar surface area (TPSA) is 92.4 Å². The van der Waals surface area contributed by atoms with Gasteiger partial charge in [0.1, 0.15) is 12.2 Å². The van der Waals surface area contributed by atoms with Gasteiger partial charge in [0.25, 0.3) is 0 Å². The summed E-state index contributed by atoms with van der Waals surface area (Å²) in [5, 5.41) is 4.51. The summed E-state index contributed by atoms with van der Waals surface area (Å²) in [5.74, 6) is 0.683. The number of halogens is 2. The van der Waals surface area contributed by atoms with Crippen LogP contribution in [0.25, 0.3) is 10.9 Å². The number of H-pyrrole nitrogens is 1. The predicted octanol–water partition coefficient (Wildman–Crippen LogP) is 5.17. The van der Waals surface area contributed by atoms with Crippen molar-refractivity contribution in [3.8, 4) is 5.75 Å². The van der Waals surface area contributed by atoms with Crippen molar-refractivity contribution in [1.29, 1.82) is 0 Å². The highest BCUT2D eigenvalue weighted by molar-refractivity contribution is 6.33. The van der Waals surface area contributed by atoms with Gasteiger partial charge in [-0.2, -0.15) is 4.98 Å². The fourth-order valence-electron chi connectivity index (χ4n) is 3.02. The summed E-state index contributed by atoms with van der Waals surface area (Å²) in [6, 6.07) is 8.12. The van der Waals surface area contributed by atoms with Gasteiger partial charge in [-0.05, 0) is 50.4 Å². The minimum atomic E-state index is -0.568. The SMILES string of the molecule is CN(CCOc1c(Cl)nc(Cl)nc1NCCc1c[nH]c2ccccc12)C(=O)OC(C)(C)C. The lowest BCUT2D eigenvalue weighted by Crippen LogP contribution is -2.36. The second kappa shape index (κ2) is 10.3. The molecule has 0 saturated heterocycles. The molecule has 1 aromatic carbocycles. The van der Waals surface area contributed by atoms with Gasteiger partial charge in [0.05, 0.1) is 6.54 Å². The average molecular weight is 480 g/mol. The molecule has 0 fully saturated rings. The van der Waals surface area contributed by atoms with E-state index in [0.29, 0.717) is 18.9 Å². The highest BCUT2D eigenvalue weighted by Gasteiger charge is 2.20. The molecule has 32 heavy (non-hydrogen) atoms. The van der Waals surface area contributed by atoms with Crippen molar-refractivity contribution in [3.63, 3.8) is 0 Å². The number of aromatic nitrogens is 3. The van der Waals surface area contributed by atoms with Gasteiger partial charge in [-0.3, -0.25) is 0 Å². The molecule has 0 bridgehead atoms. The molecule has 0 spiro atoms. The maximum Gasteiger partial charge on any atom is 0.410 e. The maximum absolute atomic E-state index is 12.1. The number of nitrogens with zero attached hydrogens (tertiary/aromatic N) is 3. The van der Waals surface area contributed by atoms with E-state index in [1.54, 1.807) is 7.05 Å². The number of fused-ring (bicyclic) bond motifs is 1. The van der Waals surface area contributed by atoms with Crippen LogP contribution >= 0.6 is 23.2 Å². The van der Waals surface area contributed by atoms with Crippen LogP contribution in [0.2, 0.25) is 10.4 Å². The number of benzene rings is 1. The van der Waals surface area contributed by atoms with Gasteiger partial charge >= 0.3 is 6.09 Å². The van der Waals surface area contributed by atoms with Crippen molar-refractivity contribution in [2.75, 3.05) is 32.1 Å². The first-order valence-electron chi connectivity index (χ1n) is 10.2. The van der Waals surface area contributed by atoms with E-state index in [2.05, 4.69) is 26.3 Å². The quantitative estimate of drug-likeness (QED) is 0.342. The highest BCUT2D eigenvalue weighted by atomic mass is 35.5. The van der Waals surface area contributed by atoms with Crippen LogP contribution in [0.5, 0.6) is 5.75 Å². The number of carbonyl (C=O) groups excluding carboxylic acids is 1. The third-order valence-corrected chi connectivity index (χ3v) is 4.96. The van der Waals surface area contributed by atoms with Crippen LogP contribution in [0.4, 0.5) is 10.6 Å². The van der Waals surface area contributed by atoms with Crippen LogP contribution in [0, 0.1) is 0 Å². The van der Waals surface area contributed by atoms with Crippen molar-refractivity contribution >= 4 is 46.0 Å². The van der Waals surface area contributed by atoms with E-state index >= 15 is 0 Å². The van der Waals surface area contributed by atoms with E-state index in [1.807, 2.05) is 45.2 Å². The van der Waals surface area contributed by atoms with Gasteiger partial charge < -0.3 is 24.7 Å². The Bertz CT molecular complexity index is 1080. The molecule has 8 nitrogen and oxygen atoms in total. The molecule has 0 unspecified atom stereocenters. The number of rotatable bonds is 8. The molecule has 0 radical (unpaired) electrons. The number of ether oxygens (including phenoxy) is 2. The van der Waals surface area contributed by atoms with Gasteiger partial charge in [0, 0.05) is 30.7 Å². The summed E-state index contributed by atoms with van der Waals surface area (Å²) in [7, 11) is 1.64. The monoisotopic (exact) mass is 479 g/mol. The van der Waals surface area contributed by atoms with Gasteiger partial charge in [0.2, 0.25) is 5.28 Å². The highest BCUT2D eigenvalue weighted by Crippen LogP contribution is 2.31. The van der Waals surface area contributed by atoms with E-state index in [9.17, 15) is 4.79 Å². The molecule has 0 atom stereocenters. The van der Waals surface area contributed by atoms with E-state index in [4.69, 9.17) is 32.7 Å². The smallest absolute Gasteiger partial charge is 0.410 e. The molecule has 2 heterocycles. The van der Waals surface area contributed by atoms with E-state index < -0.39 is 11.7 Å². The lowest BCUT2D eigenvalue weighted by Gasteiger charge is -2.24. The standard InChI is InChI=1S/C22H27Cl2N5O3/c1-22(2,3)32-21(30)29(4)11-12-31-17-18(23)27-20(24)28-19(17)25-10-9-14-13-26-16-8-6-5-7-15(14)16/h5-8,13,26H,9-12H2,1-4H3,(H,25,27,28). The molecular weight excluding hydrogens is 453 g/mol. The number of carbonyl (C=O) groups is 1. The first kappa shape index (κ1) is 23.9. The number of hydrogen-bond acceptors (Lipinski definition) is 6. The first-order valence-corrected chi connectivity index (χ1v) is 11.0. The Morgan fingerprint density at radius 3 is 2.72 bits per heavy atom. The van der Waals surface area contributed by atoms with Crippen molar-refractivity contribution in [3.05, 3.63) is 46.5 Å². The summed E-state index contributed by atoms with van der Waals surface area (Å²) < 4.78 is 11.1. The largest absolute Gasteiger partial charge is 0.485 e. The van der Waals surface area contributed by atoms with Gasteiger partial charge in [-0.1, -0.05) is 29.8 Å². The second-order valence-electron chi connectivity index (χ2n) is 8.25. The summed E-state index contributed by atoms with van der Waals surface area (Å²) in [6.07, 6.45) is 2.32. The zero-order valence-electron chi connectivity index (χ0n) is 18.5. The lowest BCUT2D eigenvalue weighted by molar-refractivity contribution is 0.0278. The number of nitrogens with one attached hydrogen (secondary N) is 2. The summed E-state index contributed by atoms with van der Waals surface area (Å²) >= 11 is 12.2. The van der Waals surface area contributed by atoms with Crippen molar-refractivity contribution in [2.24, 2.45) is 0 Å². The van der Waals surface area contributed by atoms with Crippen LogP contribution in [0.15, 0.2) is 30.5 Å². The Kier molecular flexibility index (Phi) is 7.69. The molecule has 2 N–H and O–H groups in total. The minimum Gasteiger partial charge on any atom is -0.485 e. The molecule has 3 aromatic rings. The molecule has 0 aliphatic heterocycles. The zero-order chi connectivity index (χ0) is 23.3. The predicted molar refractivity (Wildman–Crippen MR) is 127 cm³/mol. The van der Waals surface area contributed by atoms with Gasteiger partial charge in [-0.25, -0.2) is 9.78 Å². The number of aromatic amines is 1. The number of hydrogen-bond donors (Lipinski definition) is 2. The molecule has 10 heteroatoms. The first-order chi connectivity index (χ1) is 15.1. The fourth-order valence-corrected chi connectivity index (χ4v) is 3.45. The van der Waals surface area contributed by atoms with Crippen LogP contribution in [-0.4, -0.2) is 58.3 Å². The molecule has 1 amide bonds. The fraction of sp³-hybridized carbons (Fsp3) is 0.409. The zero-order valence-corrected chi connectivity index (χ0v) is 20.0. The van der Waals surface area contributed by atoms with Gasteiger partial charge in [-0.15, -0.1) is 0 Å². The number of amides is 1. The van der Waals surface area contributed by atoms with Crippen molar-refractivity contribution in [2.45, 2.75) is 32.8 Å². The minimum absolute atomic E-state index is 0.0165. The molecule has 2 aromatic heterocycles. The third-order valence-electron chi connectivity index (χ3n) is 4.54. The Morgan fingerprint density at radius 1 is 1.22 bits per heavy atom. The molecule has 0 aliphatic rings. The van der Waals surface area contributed by atoms with Crippen molar-refractivity contribution < 1.29 is 14.3 Å². The Hall–Kier alpha value is -2.71. The average Bonchev–Trinajstić information content (AvgIpc) is 3.11. The molecule has 0 aliphatic carbocycles. The maximum atomic E-state index is 12.1. The Labute approximate surface area is 197 Å². The number of anilines is 1.